The largest absolute Gasteiger partial charge is 0.408 e. The Morgan fingerprint density at radius 1 is 0.947 bits per heavy atom. The number of fused-ring (bicyclic) bond motifs is 1. The van der Waals surface area contributed by atoms with Crippen LogP contribution in [0.25, 0.3) is 5.47 Å². The highest BCUT2D eigenvalue weighted by Gasteiger charge is 2.29. The van der Waals surface area contributed by atoms with E-state index >= 15 is 0 Å². The minimum atomic E-state index is -0.273. The summed E-state index contributed by atoms with van der Waals surface area (Å²) in [7, 11) is 0. The lowest BCUT2D eigenvalue weighted by Gasteiger charge is -2.26. The second kappa shape index (κ2) is 4.65. The van der Waals surface area contributed by atoms with Gasteiger partial charge in [0.25, 0.3) is 0 Å². The number of hydrogen-bond donors (Lipinski definition) is 2. The minimum Gasteiger partial charge on any atom is -0.405 e. The van der Waals surface area contributed by atoms with E-state index in [1.165, 1.54) is 0 Å². The van der Waals surface area contributed by atoms with Gasteiger partial charge in [0.2, 0.25) is 5.91 Å². The van der Waals surface area contributed by atoms with Gasteiger partial charge in [-0.1, -0.05) is 49.0 Å². The Kier molecular flexibility index (Phi) is 2.84. The molecule has 0 spiro atoms. The van der Waals surface area contributed by atoms with E-state index in [4.69, 9.17) is 0 Å². The van der Waals surface area contributed by atoms with Crippen molar-refractivity contribution >= 4 is 24.0 Å². The van der Waals surface area contributed by atoms with Crippen LogP contribution in [0.4, 0.5) is 5.69 Å². The number of nitrogens with one attached hydrogen (secondary N) is 2. The van der Waals surface area contributed by atoms with E-state index in [-0.39, 0.29) is 12.9 Å². The van der Waals surface area contributed by atoms with E-state index in [0.29, 0.717) is 5.56 Å². The third-order valence-corrected chi connectivity index (χ3v) is 3.24. The van der Waals surface area contributed by atoms with Crippen LogP contribution in [-0.2, 0) is 0 Å². The van der Waals surface area contributed by atoms with E-state index in [9.17, 15) is 4.79 Å². The van der Waals surface area contributed by atoms with Crippen molar-refractivity contribution < 1.29 is 4.79 Å². The highest BCUT2D eigenvalue weighted by atomic mass is 16.1. The second-order valence-electron chi connectivity index (χ2n) is 4.49. The van der Waals surface area contributed by atoms with Crippen LogP contribution in [0.5, 0.6) is 0 Å². The summed E-state index contributed by atoms with van der Waals surface area (Å²) >= 11 is 0. The van der Waals surface area contributed by atoms with Gasteiger partial charge in [-0.25, -0.2) is 0 Å². The van der Waals surface area contributed by atoms with Crippen molar-refractivity contribution in [3.05, 3.63) is 72.3 Å². The van der Waals surface area contributed by atoms with Gasteiger partial charge >= 0.3 is 6.98 Å². The van der Waals surface area contributed by atoms with Gasteiger partial charge in [-0.2, -0.15) is 0 Å². The first-order chi connectivity index (χ1) is 9.25. The van der Waals surface area contributed by atoms with Crippen LogP contribution in [0.3, 0.4) is 0 Å². The molecule has 0 aromatic heterocycles. The minimum absolute atomic E-state index is 0.0727. The third-order valence-electron chi connectivity index (χ3n) is 3.24. The summed E-state index contributed by atoms with van der Waals surface area (Å²) in [6.45, 7) is 3.81. The van der Waals surface area contributed by atoms with E-state index in [1.807, 2.05) is 48.5 Å². The summed E-state index contributed by atoms with van der Waals surface area (Å²) in [5.74, 6) is -0.0727. The lowest BCUT2D eigenvalue weighted by molar-refractivity contribution is 0.0979. The fraction of sp³-hybridized carbons (Fsp3) is 0. The predicted octanol–water partition coefficient (Wildman–Crippen LogP) is 2.58. The number of benzene rings is 2. The number of carbonyl (C=O) groups excluding carboxylic acids is 1. The SMILES string of the molecule is C=C(B1NC(=O)c2ccccc2N1)c1ccccc1. The molecule has 0 atom stereocenters. The molecule has 1 heterocycles. The van der Waals surface area contributed by atoms with E-state index in [2.05, 4.69) is 17.0 Å². The van der Waals surface area contributed by atoms with Gasteiger partial charge in [0.1, 0.15) is 0 Å². The quantitative estimate of drug-likeness (QED) is 0.802. The molecule has 2 aromatic carbocycles. The molecule has 0 unspecified atom stereocenters. The maximum Gasteiger partial charge on any atom is 0.408 e. The van der Waals surface area contributed by atoms with Crippen molar-refractivity contribution in [1.82, 2.24) is 5.23 Å². The molecule has 92 valence electrons. The molecule has 0 fully saturated rings. The molecular formula is C15H13BN2O. The number of rotatable bonds is 2. The van der Waals surface area contributed by atoms with Crippen molar-refractivity contribution in [3.63, 3.8) is 0 Å². The van der Waals surface area contributed by atoms with Crippen LogP contribution in [0.2, 0.25) is 0 Å². The average Bonchev–Trinajstić information content (AvgIpc) is 2.47. The molecule has 0 saturated carbocycles. The van der Waals surface area contributed by atoms with Crippen LogP contribution in [0, 0.1) is 0 Å². The van der Waals surface area contributed by atoms with Crippen molar-refractivity contribution in [2.45, 2.75) is 0 Å². The first-order valence-electron chi connectivity index (χ1n) is 6.16. The Morgan fingerprint density at radius 3 is 2.42 bits per heavy atom. The molecule has 2 N–H and O–H groups in total. The number of hydrogen-bond acceptors (Lipinski definition) is 2. The van der Waals surface area contributed by atoms with Crippen LogP contribution in [0.15, 0.2) is 61.2 Å². The zero-order chi connectivity index (χ0) is 13.2. The smallest absolute Gasteiger partial charge is 0.405 e. The van der Waals surface area contributed by atoms with Gasteiger partial charge in [-0.15, -0.1) is 0 Å². The summed E-state index contributed by atoms with van der Waals surface area (Å²) in [6.07, 6.45) is 0. The lowest BCUT2D eigenvalue weighted by Crippen LogP contribution is -2.50. The van der Waals surface area contributed by atoms with Crippen molar-refractivity contribution in [3.8, 4) is 0 Å². The molecule has 0 aliphatic carbocycles. The number of anilines is 1. The Bertz CT molecular complexity index is 640. The molecule has 0 saturated heterocycles. The fourth-order valence-corrected chi connectivity index (χ4v) is 2.20. The van der Waals surface area contributed by atoms with Gasteiger partial charge in [0, 0.05) is 5.69 Å². The molecule has 3 nitrogen and oxygen atoms in total. The normalized spacial score (nSPS) is 13.3. The molecule has 1 aliphatic rings. The van der Waals surface area contributed by atoms with Gasteiger partial charge in [0.15, 0.2) is 0 Å². The van der Waals surface area contributed by atoms with Gasteiger partial charge in [-0.3, -0.25) is 4.79 Å². The predicted molar refractivity (Wildman–Crippen MR) is 78.8 cm³/mol. The number of carbonyl (C=O) groups is 1. The molecule has 0 radical (unpaired) electrons. The Balaban J connectivity index is 1.90. The first kappa shape index (κ1) is 11.6. The molecular weight excluding hydrogens is 235 g/mol. The molecule has 1 aliphatic heterocycles. The number of amides is 1. The van der Waals surface area contributed by atoms with E-state index in [0.717, 1.165) is 16.7 Å². The van der Waals surface area contributed by atoms with Crippen LogP contribution in [-0.4, -0.2) is 12.9 Å². The Morgan fingerprint density at radius 2 is 1.63 bits per heavy atom. The first-order valence-corrected chi connectivity index (χ1v) is 6.16. The zero-order valence-corrected chi connectivity index (χ0v) is 10.4. The summed E-state index contributed by atoms with van der Waals surface area (Å²) in [5, 5.41) is 6.22. The second-order valence-corrected chi connectivity index (χ2v) is 4.49. The molecule has 1 amide bonds. The molecule has 19 heavy (non-hydrogen) atoms. The summed E-state index contributed by atoms with van der Waals surface area (Å²) in [6, 6.07) is 17.3. The maximum absolute atomic E-state index is 12.0. The van der Waals surface area contributed by atoms with Crippen molar-refractivity contribution in [2.75, 3.05) is 5.23 Å². The summed E-state index contributed by atoms with van der Waals surface area (Å²) in [4.78, 5) is 12.0. The monoisotopic (exact) mass is 248 g/mol. The molecule has 4 heteroatoms. The summed E-state index contributed by atoms with van der Waals surface area (Å²) < 4.78 is 0. The van der Waals surface area contributed by atoms with E-state index in [1.54, 1.807) is 6.07 Å². The highest BCUT2D eigenvalue weighted by molar-refractivity contribution is 6.82. The topological polar surface area (TPSA) is 41.1 Å². The van der Waals surface area contributed by atoms with E-state index < -0.39 is 0 Å². The number of para-hydroxylation sites is 1. The highest BCUT2D eigenvalue weighted by Crippen LogP contribution is 2.23. The average molecular weight is 248 g/mol. The molecule has 2 aromatic rings. The summed E-state index contributed by atoms with van der Waals surface area (Å²) in [5.41, 5.74) is 3.37. The van der Waals surface area contributed by atoms with Gasteiger partial charge < -0.3 is 10.5 Å². The van der Waals surface area contributed by atoms with Crippen molar-refractivity contribution in [2.24, 2.45) is 0 Å². The zero-order valence-electron chi connectivity index (χ0n) is 10.4. The third kappa shape index (κ3) is 2.13. The van der Waals surface area contributed by atoms with Gasteiger partial charge in [-0.05, 0) is 23.2 Å². The maximum atomic E-state index is 12.0. The van der Waals surface area contributed by atoms with Crippen LogP contribution < -0.4 is 10.5 Å². The van der Waals surface area contributed by atoms with Crippen LogP contribution >= 0.6 is 0 Å². The lowest BCUT2D eigenvalue weighted by atomic mass is 9.63. The molecule has 0 bridgehead atoms. The Labute approximate surface area is 112 Å². The van der Waals surface area contributed by atoms with Crippen molar-refractivity contribution in [1.29, 1.82) is 0 Å². The van der Waals surface area contributed by atoms with Crippen LogP contribution in [0.1, 0.15) is 15.9 Å². The fourth-order valence-electron chi connectivity index (χ4n) is 2.20. The van der Waals surface area contributed by atoms with Gasteiger partial charge in [0.05, 0.1) is 5.56 Å². The standard InChI is InChI=1S/C15H13BN2O/c1-11(12-7-3-2-4-8-12)16-17-14-10-6-5-9-13(14)15(19)18-16/h2-10,17H,1H2,(H,18,19). The molecule has 3 rings (SSSR count). The Hall–Kier alpha value is -2.49.